The van der Waals surface area contributed by atoms with Gasteiger partial charge < -0.3 is 23.8 Å². The van der Waals surface area contributed by atoms with E-state index >= 15 is 0 Å². The van der Waals surface area contributed by atoms with Crippen LogP contribution in [0.2, 0.25) is 0 Å². The van der Waals surface area contributed by atoms with Gasteiger partial charge in [0, 0.05) is 17.5 Å². The summed E-state index contributed by atoms with van der Waals surface area (Å²) >= 11 is 0. The molecule has 0 spiro atoms. The number of anilines is 1. The summed E-state index contributed by atoms with van der Waals surface area (Å²) in [6.07, 6.45) is 6.49. The van der Waals surface area contributed by atoms with Gasteiger partial charge in [-0.05, 0) is 36.4 Å². The largest absolute Gasteiger partial charge is 0.481 e. The van der Waals surface area contributed by atoms with Crippen LogP contribution in [0.15, 0.2) is 66.0 Å². The first-order valence-electron chi connectivity index (χ1n) is 9.14. The zero-order valence-corrected chi connectivity index (χ0v) is 17.5. The minimum absolute atomic E-state index is 0.0337. The van der Waals surface area contributed by atoms with E-state index in [4.69, 9.17) is 18.9 Å². The zero-order chi connectivity index (χ0) is 22.4. The first kappa shape index (κ1) is 21.6. The summed E-state index contributed by atoms with van der Waals surface area (Å²) < 4.78 is 20.1. The molecular weight excluding hydrogens is 402 g/mol. The van der Waals surface area contributed by atoms with Gasteiger partial charge in [-0.3, -0.25) is 0 Å². The number of nitrogens with zero attached hydrogens (tertiary/aromatic N) is 3. The molecule has 0 fully saturated rings. The number of ether oxygens (including phenoxy) is 4. The molecule has 0 N–H and O–H groups in total. The lowest BCUT2D eigenvalue weighted by molar-refractivity contribution is -0.139. The molecule has 0 aliphatic carbocycles. The number of carbonyl (C=O) groups is 2. The van der Waals surface area contributed by atoms with E-state index in [0.717, 1.165) is 0 Å². The Balaban J connectivity index is 2.04. The monoisotopic (exact) mass is 423 g/mol. The highest BCUT2D eigenvalue weighted by molar-refractivity contribution is 6.05. The Hall–Kier alpha value is -4.14. The lowest BCUT2D eigenvalue weighted by Gasteiger charge is -2.23. The van der Waals surface area contributed by atoms with Crippen molar-refractivity contribution >= 4 is 17.6 Å². The molecule has 0 saturated heterocycles. The van der Waals surface area contributed by atoms with Crippen LogP contribution >= 0.6 is 0 Å². The van der Waals surface area contributed by atoms with Crippen LogP contribution in [0, 0.1) is 0 Å². The van der Waals surface area contributed by atoms with Crippen molar-refractivity contribution in [3.8, 4) is 23.1 Å². The molecule has 1 aliphatic heterocycles. The third-order valence-electron chi connectivity index (χ3n) is 4.39. The molecule has 0 radical (unpaired) electrons. The van der Waals surface area contributed by atoms with Crippen molar-refractivity contribution in [2.75, 3.05) is 33.3 Å². The molecule has 160 valence electrons. The maximum Gasteiger partial charge on any atom is 0.355 e. The van der Waals surface area contributed by atoms with Gasteiger partial charge in [-0.2, -0.15) is 9.97 Å². The second-order valence-corrected chi connectivity index (χ2v) is 6.14. The van der Waals surface area contributed by atoms with Crippen molar-refractivity contribution < 1.29 is 28.5 Å². The third-order valence-corrected chi connectivity index (χ3v) is 4.39. The Kier molecular flexibility index (Phi) is 6.66. The Bertz CT molecular complexity index is 1050. The molecule has 0 saturated carbocycles. The van der Waals surface area contributed by atoms with E-state index in [1.807, 2.05) is 0 Å². The molecule has 1 aromatic heterocycles. The second-order valence-electron chi connectivity index (χ2n) is 6.14. The second kappa shape index (κ2) is 9.57. The Morgan fingerprint density at radius 2 is 1.45 bits per heavy atom. The van der Waals surface area contributed by atoms with Gasteiger partial charge in [0.15, 0.2) is 5.82 Å². The van der Waals surface area contributed by atoms with Gasteiger partial charge in [-0.25, -0.2) is 9.59 Å². The maximum atomic E-state index is 12.5. The fourth-order valence-corrected chi connectivity index (χ4v) is 2.88. The third kappa shape index (κ3) is 4.55. The molecule has 0 unspecified atom stereocenters. The van der Waals surface area contributed by atoms with Gasteiger partial charge in [0.1, 0.15) is 5.70 Å². The number of methoxy groups -OCH3 is 4. The Labute approximate surface area is 179 Å². The van der Waals surface area contributed by atoms with E-state index in [1.54, 1.807) is 53.6 Å². The number of hydrogen-bond donors (Lipinski definition) is 0. The van der Waals surface area contributed by atoms with E-state index < -0.39 is 11.9 Å². The molecule has 0 bridgehead atoms. The summed E-state index contributed by atoms with van der Waals surface area (Å²) in [7, 11) is 5.51. The normalized spacial score (nSPS) is 13.0. The van der Waals surface area contributed by atoms with Crippen molar-refractivity contribution in [2.24, 2.45) is 0 Å². The number of allylic oxidation sites excluding steroid dienone is 2. The molecule has 3 rings (SSSR count). The average molecular weight is 423 g/mol. The van der Waals surface area contributed by atoms with Crippen LogP contribution in [0.25, 0.3) is 11.4 Å². The van der Waals surface area contributed by atoms with Gasteiger partial charge in [0.05, 0.1) is 40.1 Å². The Morgan fingerprint density at radius 3 is 2.00 bits per heavy atom. The smallest absolute Gasteiger partial charge is 0.355 e. The fourth-order valence-electron chi connectivity index (χ4n) is 2.88. The minimum atomic E-state index is -0.679. The Morgan fingerprint density at radius 1 is 0.839 bits per heavy atom. The van der Waals surface area contributed by atoms with Gasteiger partial charge in [-0.15, -0.1) is 0 Å². The lowest BCUT2D eigenvalue weighted by atomic mass is 10.1. The molecule has 31 heavy (non-hydrogen) atoms. The molecule has 0 amide bonds. The zero-order valence-electron chi connectivity index (χ0n) is 17.5. The molecule has 2 heterocycles. The van der Waals surface area contributed by atoms with Crippen LogP contribution in [-0.2, 0) is 19.1 Å². The van der Waals surface area contributed by atoms with Crippen LogP contribution in [0.1, 0.15) is 0 Å². The van der Waals surface area contributed by atoms with Crippen molar-refractivity contribution in [2.45, 2.75) is 0 Å². The van der Waals surface area contributed by atoms with Crippen LogP contribution in [0.5, 0.6) is 11.8 Å². The first-order chi connectivity index (χ1) is 15.0. The van der Waals surface area contributed by atoms with E-state index in [0.29, 0.717) is 28.8 Å². The SMILES string of the molecule is COC(=O)C1=C(C(=O)OC)N(c2ccc(-c3nc(OC)cc(OC)n3)cc2)C=CC=C1. The number of hydrogen-bond acceptors (Lipinski definition) is 9. The van der Waals surface area contributed by atoms with E-state index in [-0.39, 0.29) is 11.3 Å². The molecule has 0 atom stereocenters. The number of esters is 2. The van der Waals surface area contributed by atoms with Gasteiger partial charge in [0.2, 0.25) is 11.8 Å². The molecule has 1 aromatic carbocycles. The van der Waals surface area contributed by atoms with Crippen molar-refractivity contribution in [1.29, 1.82) is 0 Å². The predicted molar refractivity (Wildman–Crippen MR) is 112 cm³/mol. The lowest BCUT2D eigenvalue weighted by Crippen LogP contribution is -2.26. The summed E-state index contributed by atoms with van der Waals surface area (Å²) in [6, 6.07) is 8.66. The fraction of sp³-hybridized carbons (Fsp3) is 0.182. The number of rotatable bonds is 6. The standard InChI is InChI=1S/C22H21N3O6/c1-28-17-13-18(29-2)24-20(23-17)14-8-10-15(11-9-14)25-12-6-5-7-16(21(26)30-3)19(25)22(27)31-4/h5-13H,1-4H3. The van der Waals surface area contributed by atoms with Gasteiger partial charge in [-0.1, -0.05) is 6.08 Å². The van der Waals surface area contributed by atoms with E-state index in [1.165, 1.54) is 34.5 Å². The summed E-state index contributed by atoms with van der Waals surface area (Å²) in [6.45, 7) is 0. The van der Waals surface area contributed by atoms with E-state index in [9.17, 15) is 9.59 Å². The quantitative estimate of drug-likeness (QED) is 0.649. The summed E-state index contributed by atoms with van der Waals surface area (Å²) in [5.74, 6) is -0.188. The summed E-state index contributed by atoms with van der Waals surface area (Å²) in [5.41, 5.74) is 1.42. The highest BCUT2D eigenvalue weighted by atomic mass is 16.5. The summed E-state index contributed by atoms with van der Waals surface area (Å²) in [4.78, 5) is 35.0. The molecule has 9 nitrogen and oxygen atoms in total. The molecule has 2 aromatic rings. The van der Waals surface area contributed by atoms with Crippen molar-refractivity contribution in [1.82, 2.24) is 9.97 Å². The summed E-state index contributed by atoms with van der Waals surface area (Å²) in [5, 5.41) is 0. The minimum Gasteiger partial charge on any atom is -0.481 e. The number of carbonyl (C=O) groups excluding carboxylic acids is 2. The highest BCUT2D eigenvalue weighted by Crippen LogP contribution is 2.29. The van der Waals surface area contributed by atoms with Crippen LogP contribution < -0.4 is 14.4 Å². The van der Waals surface area contributed by atoms with Crippen molar-refractivity contribution in [3.63, 3.8) is 0 Å². The highest BCUT2D eigenvalue weighted by Gasteiger charge is 2.27. The number of aromatic nitrogens is 2. The van der Waals surface area contributed by atoms with Crippen LogP contribution in [0.3, 0.4) is 0 Å². The first-order valence-corrected chi connectivity index (χ1v) is 9.14. The average Bonchev–Trinajstić information content (AvgIpc) is 3.05. The molecule has 1 aliphatic rings. The predicted octanol–water partition coefficient (Wildman–Crippen LogP) is 2.65. The van der Waals surface area contributed by atoms with Crippen molar-refractivity contribution in [3.05, 3.63) is 66.0 Å². The van der Waals surface area contributed by atoms with E-state index in [2.05, 4.69) is 9.97 Å². The van der Waals surface area contributed by atoms with Crippen LogP contribution in [-0.4, -0.2) is 50.3 Å². The van der Waals surface area contributed by atoms with Gasteiger partial charge in [0.25, 0.3) is 0 Å². The molecule has 9 heteroatoms. The maximum absolute atomic E-state index is 12.5. The number of benzene rings is 1. The topological polar surface area (TPSA) is 100 Å². The van der Waals surface area contributed by atoms with Gasteiger partial charge >= 0.3 is 11.9 Å². The van der Waals surface area contributed by atoms with Crippen LogP contribution in [0.4, 0.5) is 5.69 Å². The molecular formula is C22H21N3O6.